The molecule has 0 saturated carbocycles. The molecule has 1 aliphatic rings. The Morgan fingerprint density at radius 3 is 2.95 bits per heavy atom. The monoisotopic (exact) mass is 319 g/mol. The zero-order valence-corrected chi connectivity index (χ0v) is 13.2. The number of fused-ring (bicyclic) bond motifs is 1. The van der Waals surface area contributed by atoms with Crippen LogP contribution in [0.1, 0.15) is 23.4 Å². The molecule has 0 radical (unpaired) electrons. The van der Waals surface area contributed by atoms with Gasteiger partial charge in [0.25, 0.3) is 0 Å². The van der Waals surface area contributed by atoms with E-state index in [1.54, 1.807) is 11.3 Å². The van der Waals surface area contributed by atoms with Crippen molar-refractivity contribution in [2.24, 2.45) is 0 Å². The van der Waals surface area contributed by atoms with Gasteiger partial charge in [-0.25, -0.2) is 4.98 Å². The summed E-state index contributed by atoms with van der Waals surface area (Å²) >= 11 is 3.06. The van der Waals surface area contributed by atoms with E-state index in [9.17, 15) is 4.79 Å². The summed E-state index contributed by atoms with van der Waals surface area (Å²) in [4.78, 5) is 18.8. The molecule has 110 valence electrons. The van der Waals surface area contributed by atoms with Gasteiger partial charge in [0, 0.05) is 15.5 Å². The number of carbonyl (C=O) groups is 1. The van der Waals surface area contributed by atoms with Crippen LogP contribution in [0, 0.1) is 0 Å². The number of para-hydroxylation sites is 1. The molecule has 6 heteroatoms. The number of nitrogens with two attached hydrogens (primary N) is 1. The quantitative estimate of drug-likeness (QED) is 0.670. The molecule has 1 aromatic heterocycles. The molecule has 21 heavy (non-hydrogen) atoms. The van der Waals surface area contributed by atoms with Crippen molar-refractivity contribution in [3.8, 4) is 0 Å². The Labute approximate surface area is 132 Å². The molecule has 0 saturated heterocycles. The van der Waals surface area contributed by atoms with Crippen LogP contribution in [0.2, 0.25) is 0 Å². The first-order chi connectivity index (χ1) is 10.2. The molecule has 0 aliphatic heterocycles. The number of nitrogen functional groups attached to an aromatic ring is 1. The van der Waals surface area contributed by atoms with E-state index in [-0.39, 0.29) is 5.91 Å². The molecule has 0 spiro atoms. The number of nitrogens with zero attached hydrogens (tertiary/aromatic N) is 1. The minimum atomic E-state index is -0.0330. The Kier molecular flexibility index (Phi) is 4.45. The van der Waals surface area contributed by atoms with Crippen molar-refractivity contribution in [1.29, 1.82) is 0 Å². The standard InChI is InChI=1S/C15H17N3OS2/c16-10-5-1-3-7-12(10)20-9-14(19)18-15-17-11-6-2-4-8-13(11)21-15/h1,3,5,7H,2,4,6,8-9,16H2,(H,17,18,19). The van der Waals surface area contributed by atoms with E-state index in [1.165, 1.54) is 35.2 Å². The summed E-state index contributed by atoms with van der Waals surface area (Å²) in [5, 5.41) is 3.63. The maximum atomic E-state index is 12.0. The second kappa shape index (κ2) is 6.49. The van der Waals surface area contributed by atoms with Crippen molar-refractivity contribution in [1.82, 2.24) is 4.98 Å². The zero-order chi connectivity index (χ0) is 14.7. The maximum absolute atomic E-state index is 12.0. The molecule has 0 bridgehead atoms. The van der Waals surface area contributed by atoms with Gasteiger partial charge in [0.05, 0.1) is 11.4 Å². The smallest absolute Gasteiger partial charge is 0.236 e. The maximum Gasteiger partial charge on any atom is 0.236 e. The molecule has 1 aliphatic carbocycles. The number of thioether (sulfide) groups is 1. The van der Waals surface area contributed by atoms with E-state index in [2.05, 4.69) is 10.3 Å². The Bertz CT molecular complexity index is 631. The lowest BCUT2D eigenvalue weighted by atomic mass is 10.0. The van der Waals surface area contributed by atoms with Gasteiger partial charge < -0.3 is 11.1 Å². The molecule has 0 atom stereocenters. The third-order valence-corrected chi connectivity index (χ3v) is 5.53. The van der Waals surface area contributed by atoms with Gasteiger partial charge in [0.2, 0.25) is 5.91 Å². The van der Waals surface area contributed by atoms with Crippen molar-refractivity contribution in [3.05, 3.63) is 34.8 Å². The normalized spacial score (nSPS) is 13.7. The predicted octanol–water partition coefficient (Wildman–Crippen LogP) is 3.33. The minimum absolute atomic E-state index is 0.0330. The SMILES string of the molecule is Nc1ccccc1SCC(=O)Nc1nc2c(s1)CCCC2. The summed E-state index contributed by atoms with van der Waals surface area (Å²) in [6.45, 7) is 0. The van der Waals surface area contributed by atoms with Gasteiger partial charge in [-0.05, 0) is 37.8 Å². The summed E-state index contributed by atoms with van der Waals surface area (Å²) in [5.41, 5.74) is 7.74. The van der Waals surface area contributed by atoms with Crippen LogP contribution in [-0.4, -0.2) is 16.6 Å². The van der Waals surface area contributed by atoms with Crippen LogP contribution in [-0.2, 0) is 17.6 Å². The number of hydrogen-bond acceptors (Lipinski definition) is 5. The number of aromatic nitrogens is 1. The van der Waals surface area contributed by atoms with Crippen molar-refractivity contribution in [2.75, 3.05) is 16.8 Å². The number of carbonyl (C=O) groups excluding carboxylic acids is 1. The van der Waals surface area contributed by atoms with Gasteiger partial charge in [-0.2, -0.15) is 0 Å². The van der Waals surface area contributed by atoms with Crippen LogP contribution in [0.25, 0.3) is 0 Å². The number of rotatable bonds is 4. The van der Waals surface area contributed by atoms with E-state index in [1.807, 2.05) is 24.3 Å². The van der Waals surface area contributed by atoms with E-state index in [0.717, 1.165) is 22.9 Å². The van der Waals surface area contributed by atoms with Crippen LogP contribution in [0.4, 0.5) is 10.8 Å². The lowest BCUT2D eigenvalue weighted by Crippen LogP contribution is -2.14. The first-order valence-corrected chi connectivity index (χ1v) is 8.78. The first kappa shape index (κ1) is 14.4. The summed E-state index contributed by atoms with van der Waals surface area (Å²) < 4.78 is 0. The van der Waals surface area contributed by atoms with Gasteiger partial charge in [-0.1, -0.05) is 12.1 Å². The van der Waals surface area contributed by atoms with E-state index in [4.69, 9.17) is 5.73 Å². The molecule has 0 unspecified atom stereocenters. The Morgan fingerprint density at radius 1 is 1.33 bits per heavy atom. The van der Waals surface area contributed by atoms with Gasteiger partial charge in [-0.15, -0.1) is 23.1 Å². The van der Waals surface area contributed by atoms with Crippen molar-refractivity contribution >= 4 is 39.8 Å². The topological polar surface area (TPSA) is 68.0 Å². The molecule has 2 aromatic rings. The molecule has 1 heterocycles. The number of benzene rings is 1. The number of thiazole rings is 1. The largest absolute Gasteiger partial charge is 0.398 e. The van der Waals surface area contributed by atoms with E-state index >= 15 is 0 Å². The lowest BCUT2D eigenvalue weighted by Gasteiger charge is -2.06. The number of amides is 1. The fourth-order valence-corrected chi connectivity index (χ4v) is 4.15. The Morgan fingerprint density at radius 2 is 2.14 bits per heavy atom. The highest BCUT2D eigenvalue weighted by Crippen LogP contribution is 2.30. The van der Waals surface area contributed by atoms with E-state index in [0.29, 0.717) is 11.4 Å². The number of anilines is 2. The van der Waals surface area contributed by atoms with Gasteiger partial charge >= 0.3 is 0 Å². The summed E-state index contributed by atoms with van der Waals surface area (Å²) in [6, 6.07) is 7.58. The molecular formula is C15H17N3OS2. The summed E-state index contributed by atoms with van der Waals surface area (Å²) in [6.07, 6.45) is 4.56. The molecule has 1 amide bonds. The van der Waals surface area contributed by atoms with Crippen molar-refractivity contribution in [2.45, 2.75) is 30.6 Å². The molecule has 3 rings (SSSR count). The van der Waals surface area contributed by atoms with Gasteiger partial charge in [0.15, 0.2) is 5.13 Å². The van der Waals surface area contributed by atoms with Crippen LogP contribution >= 0.6 is 23.1 Å². The minimum Gasteiger partial charge on any atom is -0.398 e. The first-order valence-electron chi connectivity index (χ1n) is 6.98. The van der Waals surface area contributed by atoms with Crippen LogP contribution in [0.5, 0.6) is 0 Å². The number of nitrogens with one attached hydrogen (secondary N) is 1. The van der Waals surface area contributed by atoms with Gasteiger partial charge in [-0.3, -0.25) is 4.79 Å². The van der Waals surface area contributed by atoms with E-state index < -0.39 is 0 Å². The summed E-state index contributed by atoms with van der Waals surface area (Å²) in [7, 11) is 0. The lowest BCUT2D eigenvalue weighted by molar-refractivity contribution is -0.113. The Hall–Kier alpha value is -1.53. The second-order valence-electron chi connectivity index (χ2n) is 4.97. The highest BCUT2D eigenvalue weighted by Gasteiger charge is 2.16. The van der Waals surface area contributed by atoms with Crippen molar-refractivity contribution < 1.29 is 4.79 Å². The average molecular weight is 319 g/mol. The fourth-order valence-electron chi connectivity index (χ4n) is 2.32. The zero-order valence-electron chi connectivity index (χ0n) is 11.6. The number of hydrogen-bond donors (Lipinski definition) is 2. The van der Waals surface area contributed by atoms with Crippen LogP contribution in [0.15, 0.2) is 29.2 Å². The molecular weight excluding hydrogens is 302 g/mol. The highest BCUT2D eigenvalue weighted by atomic mass is 32.2. The predicted molar refractivity (Wildman–Crippen MR) is 89.0 cm³/mol. The molecule has 1 aromatic carbocycles. The number of aryl methyl sites for hydroxylation is 2. The third kappa shape index (κ3) is 3.57. The molecule has 4 nitrogen and oxygen atoms in total. The average Bonchev–Trinajstić information content (AvgIpc) is 2.88. The second-order valence-corrected chi connectivity index (χ2v) is 7.07. The molecule has 0 fully saturated rings. The molecule has 3 N–H and O–H groups in total. The van der Waals surface area contributed by atoms with Crippen LogP contribution < -0.4 is 11.1 Å². The summed E-state index contributed by atoms with van der Waals surface area (Å²) in [5.74, 6) is 0.313. The van der Waals surface area contributed by atoms with Gasteiger partial charge in [0.1, 0.15) is 0 Å². The fraction of sp³-hybridized carbons (Fsp3) is 0.333. The third-order valence-electron chi connectivity index (χ3n) is 3.37. The van der Waals surface area contributed by atoms with Crippen LogP contribution in [0.3, 0.4) is 0 Å². The van der Waals surface area contributed by atoms with Crippen molar-refractivity contribution in [3.63, 3.8) is 0 Å². The Balaban J connectivity index is 1.57. The highest BCUT2D eigenvalue weighted by molar-refractivity contribution is 8.00.